The molecule has 0 aromatic heterocycles. The number of anilines is 1. The zero-order chi connectivity index (χ0) is 13.8. The van der Waals surface area contributed by atoms with Gasteiger partial charge in [0, 0.05) is 6.42 Å². The number of rotatable bonds is 4. The molecular formula is C14H14ClNO3. The Labute approximate surface area is 116 Å². The molecule has 1 unspecified atom stereocenters. The average molecular weight is 280 g/mol. The van der Waals surface area contributed by atoms with Gasteiger partial charge in [0.05, 0.1) is 16.3 Å². The maximum absolute atomic E-state index is 11.9. The van der Waals surface area contributed by atoms with Gasteiger partial charge in [-0.3, -0.25) is 4.79 Å². The molecule has 1 aliphatic rings. The number of benzene rings is 1. The molecule has 0 aliphatic heterocycles. The molecule has 0 saturated heterocycles. The van der Waals surface area contributed by atoms with Crippen molar-refractivity contribution in [1.82, 2.24) is 0 Å². The first-order chi connectivity index (χ1) is 9.08. The van der Waals surface area contributed by atoms with E-state index in [1.165, 1.54) is 6.07 Å². The topological polar surface area (TPSA) is 66.4 Å². The predicted molar refractivity (Wildman–Crippen MR) is 73.5 cm³/mol. The van der Waals surface area contributed by atoms with Crippen LogP contribution in [0, 0.1) is 5.92 Å². The molecule has 0 radical (unpaired) electrons. The molecule has 2 N–H and O–H groups in total. The van der Waals surface area contributed by atoms with E-state index in [1.54, 1.807) is 12.1 Å². The van der Waals surface area contributed by atoms with Crippen LogP contribution in [0.2, 0.25) is 5.02 Å². The van der Waals surface area contributed by atoms with Gasteiger partial charge in [-0.1, -0.05) is 29.8 Å². The van der Waals surface area contributed by atoms with Crippen molar-refractivity contribution in [3.63, 3.8) is 0 Å². The maximum Gasteiger partial charge on any atom is 0.337 e. The summed E-state index contributed by atoms with van der Waals surface area (Å²) in [6.45, 7) is 0. The van der Waals surface area contributed by atoms with Gasteiger partial charge in [0.1, 0.15) is 0 Å². The molecule has 0 spiro atoms. The second-order valence-electron chi connectivity index (χ2n) is 4.49. The average Bonchev–Trinajstić information content (AvgIpc) is 2.84. The Hall–Kier alpha value is -1.81. The van der Waals surface area contributed by atoms with Crippen molar-refractivity contribution in [3.05, 3.63) is 40.9 Å². The van der Waals surface area contributed by atoms with E-state index >= 15 is 0 Å². The Bertz CT molecular complexity index is 539. The Morgan fingerprint density at radius 1 is 1.42 bits per heavy atom. The molecule has 0 fully saturated rings. The summed E-state index contributed by atoms with van der Waals surface area (Å²) in [4.78, 5) is 23.0. The summed E-state index contributed by atoms with van der Waals surface area (Å²) < 4.78 is 0. The van der Waals surface area contributed by atoms with E-state index < -0.39 is 5.97 Å². The lowest BCUT2D eigenvalue weighted by atomic mass is 10.0. The van der Waals surface area contributed by atoms with E-state index in [2.05, 4.69) is 11.4 Å². The molecule has 4 nitrogen and oxygen atoms in total. The molecule has 2 rings (SSSR count). The lowest BCUT2D eigenvalue weighted by Crippen LogP contribution is -2.17. The van der Waals surface area contributed by atoms with Crippen LogP contribution in [-0.4, -0.2) is 17.0 Å². The van der Waals surface area contributed by atoms with Crippen molar-refractivity contribution in [1.29, 1.82) is 0 Å². The Balaban J connectivity index is 2.11. The number of para-hydroxylation sites is 1. The smallest absolute Gasteiger partial charge is 0.337 e. The van der Waals surface area contributed by atoms with Gasteiger partial charge in [0.15, 0.2) is 0 Å². The fraction of sp³-hybridized carbons (Fsp3) is 0.286. The summed E-state index contributed by atoms with van der Waals surface area (Å²) >= 11 is 5.94. The summed E-state index contributed by atoms with van der Waals surface area (Å²) in [5.41, 5.74) is 0.173. The van der Waals surface area contributed by atoms with E-state index in [9.17, 15) is 9.59 Å². The molecule has 1 aliphatic carbocycles. The summed E-state index contributed by atoms with van der Waals surface area (Å²) in [7, 11) is 0. The Morgan fingerprint density at radius 3 is 2.84 bits per heavy atom. The number of nitrogens with one attached hydrogen (secondary N) is 1. The van der Waals surface area contributed by atoms with Gasteiger partial charge in [-0.2, -0.15) is 0 Å². The number of halogens is 1. The maximum atomic E-state index is 11.9. The van der Waals surface area contributed by atoms with Crippen LogP contribution < -0.4 is 5.32 Å². The van der Waals surface area contributed by atoms with Crippen LogP contribution in [0.4, 0.5) is 5.69 Å². The first-order valence-corrected chi connectivity index (χ1v) is 6.44. The SMILES string of the molecule is O=C(CC1C=CCC1)Nc1c(Cl)cccc1C(=O)O. The van der Waals surface area contributed by atoms with Crippen molar-refractivity contribution in [2.75, 3.05) is 5.32 Å². The number of carboxylic acids is 1. The summed E-state index contributed by atoms with van der Waals surface area (Å²) in [5.74, 6) is -1.10. The van der Waals surface area contributed by atoms with Crippen molar-refractivity contribution in [3.8, 4) is 0 Å². The highest BCUT2D eigenvalue weighted by Crippen LogP contribution is 2.27. The van der Waals surface area contributed by atoms with Crippen LogP contribution in [-0.2, 0) is 4.79 Å². The lowest BCUT2D eigenvalue weighted by molar-refractivity contribution is -0.116. The second kappa shape index (κ2) is 5.89. The minimum absolute atomic E-state index is 0.00261. The van der Waals surface area contributed by atoms with E-state index in [4.69, 9.17) is 16.7 Å². The molecule has 5 heteroatoms. The summed E-state index contributed by atoms with van der Waals surface area (Å²) in [6, 6.07) is 4.51. The number of carbonyl (C=O) groups is 2. The van der Waals surface area contributed by atoms with E-state index in [0.29, 0.717) is 6.42 Å². The number of hydrogen-bond acceptors (Lipinski definition) is 2. The summed E-state index contributed by atoms with van der Waals surface area (Å²) in [6.07, 6.45) is 6.37. The third-order valence-corrected chi connectivity index (χ3v) is 3.38. The fourth-order valence-corrected chi connectivity index (χ4v) is 2.35. The first kappa shape index (κ1) is 13.6. The van der Waals surface area contributed by atoms with Crippen LogP contribution >= 0.6 is 11.6 Å². The van der Waals surface area contributed by atoms with Crippen molar-refractivity contribution >= 4 is 29.2 Å². The fourth-order valence-electron chi connectivity index (χ4n) is 2.12. The van der Waals surface area contributed by atoms with Crippen LogP contribution in [0.15, 0.2) is 30.4 Å². The zero-order valence-electron chi connectivity index (χ0n) is 10.2. The van der Waals surface area contributed by atoms with Crippen molar-refractivity contribution in [2.45, 2.75) is 19.3 Å². The zero-order valence-corrected chi connectivity index (χ0v) is 11.0. The van der Waals surface area contributed by atoms with Crippen LogP contribution in [0.25, 0.3) is 0 Å². The molecule has 0 saturated carbocycles. The van der Waals surface area contributed by atoms with E-state index in [1.807, 2.05) is 6.08 Å². The predicted octanol–water partition coefficient (Wildman–Crippen LogP) is 3.33. The molecule has 0 heterocycles. The number of aromatic carboxylic acids is 1. The van der Waals surface area contributed by atoms with Gasteiger partial charge in [-0.05, 0) is 30.9 Å². The molecule has 0 bridgehead atoms. The minimum Gasteiger partial charge on any atom is -0.478 e. The number of allylic oxidation sites excluding steroid dienone is 2. The van der Waals surface area contributed by atoms with Gasteiger partial charge in [-0.25, -0.2) is 4.79 Å². The lowest BCUT2D eigenvalue weighted by Gasteiger charge is -2.12. The van der Waals surface area contributed by atoms with Crippen LogP contribution in [0.1, 0.15) is 29.6 Å². The van der Waals surface area contributed by atoms with E-state index in [0.717, 1.165) is 12.8 Å². The monoisotopic (exact) mass is 279 g/mol. The van der Waals surface area contributed by atoms with Gasteiger partial charge in [-0.15, -0.1) is 0 Å². The quantitative estimate of drug-likeness (QED) is 0.831. The first-order valence-electron chi connectivity index (χ1n) is 6.06. The van der Waals surface area contributed by atoms with Gasteiger partial charge in [0.2, 0.25) is 5.91 Å². The normalized spacial score (nSPS) is 17.4. The molecule has 1 aromatic rings. The molecule has 19 heavy (non-hydrogen) atoms. The van der Waals surface area contributed by atoms with Crippen molar-refractivity contribution < 1.29 is 14.7 Å². The van der Waals surface area contributed by atoms with Crippen LogP contribution in [0.5, 0.6) is 0 Å². The Morgan fingerprint density at radius 2 is 2.21 bits per heavy atom. The number of hydrogen-bond donors (Lipinski definition) is 2. The molecule has 1 aromatic carbocycles. The number of amides is 1. The highest BCUT2D eigenvalue weighted by atomic mass is 35.5. The summed E-state index contributed by atoms with van der Waals surface area (Å²) in [5, 5.41) is 11.9. The highest BCUT2D eigenvalue weighted by Gasteiger charge is 2.18. The van der Waals surface area contributed by atoms with Gasteiger partial charge >= 0.3 is 5.97 Å². The van der Waals surface area contributed by atoms with Gasteiger partial charge in [0.25, 0.3) is 0 Å². The number of carboxylic acid groups (broad SMARTS) is 1. The second-order valence-corrected chi connectivity index (χ2v) is 4.89. The Kier molecular flexibility index (Phi) is 4.22. The van der Waals surface area contributed by atoms with Crippen LogP contribution in [0.3, 0.4) is 0 Å². The van der Waals surface area contributed by atoms with E-state index in [-0.39, 0.29) is 28.1 Å². The molecule has 1 atom stereocenters. The third-order valence-electron chi connectivity index (χ3n) is 3.07. The van der Waals surface area contributed by atoms with Crippen molar-refractivity contribution in [2.24, 2.45) is 5.92 Å². The standard InChI is InChI=1S/C14H14ClNO3/c15-11-7-3-6-10(14(18)19)13(11)16-12(17)8-9-4-1-2-5-9/h1,3-4,6-7,9H,2,5,8H2,(H,16,17)(H,18,19). The molecule has 100 valence electrons. The molecular weight excluding hydrogens is 266 g/mol. The highest BCUT2D eigenvalue weighted by molar-refractivity contribution is 6.34. The minimum atomic E-state index is -1.11. The third kappa shape index (κ3) is 3.35. The molecule has 1 amide bonds. The van der Waals surface area contributed by atoms with Gasteiger partial charge < -0.3 is 10.4 Å². The largest absolute Gasteiger partial charge is 0.478 e. The number of carbonyl (C=O) groups excluding carboxylic acids is 1.